The first-order valence-electron chi connectivity index (χ1n) is 12.4. The van der Waals surface area contributed by atoms with E-state index in [0.717, 1.165) is 34.9 Å². The number of amides is 2. The molecule has 0 spiro atoms. The predicted molar refractivity (Wildman–Crippen MR) is 150 cm³/mol. The van der Waals surface area contributed by atoms with Crippen LogP contribution in [0.25, 0.3) is 22.0 Å². The Hall–Kier alpha value is -4.96. The summed E-state index contributed by atoms with van der Waals surface area (Å²) in [5.41, 5.74) is 22.3. The molecule has 2 heterocycles. The molecule has 2 amide bonds. The molecule has 0 aliphatic rings. The van der Waals surface area contributed by atoms with Gasteiger partial charge >= 0.3 is 6.03 Å². The van der Waals surface area contributed by atoms with Crippen LogP contribution in [0.3, 0.4) is 0 Å². The molecule has 198 valence electrons. The highest BCUT2D eigenvalue weighted by Crippen LogP contribution is 2.37. The van der Waals surface area contributed by atoms with E-state index in [2.05, 4.69) is 15.2 Å². The van der Waals surface area contributed by atoms with Gasteiger partial charge in [-0.05, 0) is 78.1 Å². The third-order valence-corrected chi connectivity index (χ3v) is 6.47. The van der Waals surface area contributed by atoms with Gasteiger partial charge in [0.1, 0.15) is 17.1 Å². The summed E-state index contributed by atoms with van der Waals surface area (Å²) in [7, 11) is 0. The molecule has 0 aliphatic carbocycles. The molecule has 0 bridgehead atoms. The number of aryl methyl sites for hydroxylation is 1. The molecule has 39 heavy (non-hydrogen) atoms. The first-order valence-corrected chi connectivity index (χ1v) is 12.4. The van der Waals surface area contributed by atoms with E-state index in [4.69, 9.17) is 21.9 Å². The number of aromatic nitrogens is 3. The summed E-state index contributed by atoms with van der Waals surface area (Å²) in [5, 5.41) is 7.93. The molecule has 0 fully saturated rings. The number of nitrogens with one attached hydrogen (secondary N) is 1. The summed E-state index contributed by atoms with van der Waals surface area (Å²) >= 11 is 0. The number of rotatable bonds is 9. The summed E-state index contributed by atoms with van der Waals surface area (Å²) in [6.07, 6.45) is 5.30. The molecule has 5 rings (SSSR count). The van der Waals surface area contributed by atoms with Gasteiger partial charge in [-0.1, -0.05) is 18.2 Å². The van der Waals surface area contributed by atoms with Crippen LogP contribution in [0.4, 0.5) is 26.4 Å². The fraction of sp³-hybridized carbons (Fsp3) is 0.138. The van der Waals surface area contributed by atoms with Crippen LogP contribution in [0.1, 0.15) is 17.5 Å². The summed E-state index contributed by atoms with van der Waals surface area (Å²) in [6.45, 7) is 0.521. The van der Waals surface area contributed by atoms with Gasteiger partial charge in [0.25, 0.3) is 0 Å². The highest BCUT2D eigenvalue weighted by molar-refractivity contribution is 6.05. The molecule has 0 unspecified atom stereocenters. The van der Waals surface area contributed by atoms with Crippen molar-refractivity contribution in [3.63, 3.8) is 0 Å². The van der Waals surface area contributed by atoms with Crippen LogP contribution in [-0.2, 0) is 13.0 Å². The van der Waals surface area contributed by atoms with E-state index in [0.29, 0.717) is 35.1 Å². The van der Waals surface area contributed by atoms with Crippen LogP contribution in [0.2, 0.25) is 0 Å². The highest BCUT2D eigenvalue weighted by Gasteiger charge is 2.18. The van der Waals surface area contributed by atoms with Crippen LogP contribution in [0.15, 0.2) is 79.1 Å². The lowest BCUT2D eigenvalue weighted by Gasteiger charge is -2.22. The lowest BCUT2D eigenvalue weighted by atomic mass is 10.0. The number of nitrogens with two attached hydrogens (primary N) is 3. The predicted octanol–water partition coefficient (Wildman–Crippen LogP) is 5.03. The van der Waals surface area contributed by atoms with Crippen LogP contribution < -0.4 is 26.8 Å². The number of H-pyrrole nitrogens is 1. The van der Waals surface area contributed by atoms with E-state index in [-0.39, 0.29) is 12.1 Å². The number of halogens is 1. The van der Waals surface area contributed by atoms with Crippen molar-refractivity contribution in [2.75, 3.05) is 17.2 Å². The SMILES string of the molecule is NCc1cc(N(C(N)=O)c2ccc(-c3ccc(OCCCc4cccnc4)c4[nH]nc(N)c34)cc2)ccc1F. The molecular weight excluding hydrogens is 497 g/mol. The molecule has 10 heteroatoms. The zero-order valence-electron chi connectivity index (χ0n) is 21.1. The van der Waals surface area contributed by atoms with Gasteiger partial charge in [-0.2, -0.15) is 5.10 Å². The number of anilines is 3. The Morgan fingerprint density at radius 3 is 2.56 bits per heavy atom. The second-order valence-corrected chi connectivity index (χ2v) is 8.98. The van der Waals surface area contributed by atoms with Gasteiger partial charge in [-0.25, -0.2) is 9.18 Å². The van der Waals surface area contributed by atoms with E-state index in [1.165, 1.54) is 23.1 Å². The molecular formula is C29H28FN7O2. The Kier molecular flexibility index (Phi) is 7.37. The molecule has 9 nitrogen and oxygen atoms in total. The first kappa shape index (κ1) is 25.7. The van der Waals surface area contributed by atoms with E-state index in [1.807, 2.05) is 42.6 Å². The number of nitrogen functional groups attached to an aromatic ring is 1. The summed E-state index contributed by atoms with van der Waals surface area (Å²) in [5.74, 6) is 0.570. The highest BCUT2D eigenvalue weighted by atomic mass is 19.1. The van der Waals surface area contributed by atoms with E-state index < -0.39 is 11.8 Å². The number of hydrogen-bond acceptors (Lipinski definition) is 6. The Balaban J connectivity index is 1.38. The van der Waals surface area contributed by atoms with Crippen molar-refractivity contribution in [2.24, 2.45) is 11.5 Å². The Bertz CT molecular complexity index is 1600. The average Bonchev–Trinajstić information content (AvgIpc) is 3.35. The Morgan fingerprint density at radius 2 is 1.85 bits per heavy atom. The van der Waals surface area contributed by atoms with Crippen LogP contribution in [0.5, 0.6) is 5.75 Å². The van der Waals surface area contributed by atoms with Crippen molar-refractivity contribution in [2.45, 2.75) is 19.4 Å². The number of urea groups is 1. The molecule has 2 aromatic heterocycles. The van der Waals surface area contributed by atoms with Gasteiger partial charge in [0.15, 0.2) is 5.82 Å². The minimum absolute atomic E-state index is 0.00243. The van der Waals surface area contributed by atoms with E-state index >= 15 is 0 Å². The van der Waals surface area contributed by atoms with E-state index in [9.17, 15) is 9.18 Å². The topological polar surface area (TPSA) is 149 Å². The Morgan fingerprint density at radius 1 is 1.05 bits per heavy atom. The van der Waals surface area contributed by atoms with Crippen LogP contribution in [0, 0.1) is 5.82 Å². The molecule has 0 aliphatic heterocycles. The lowest BCUT2D eigenvalue weighted by Crippen LogP contribution is -2.31. The van der Waals surface area contributed by atoms with Gasteiger partial charge in [0.2, 0.25) is 0 Å². The van der Waals surface area contributed by atoms with Gasteiger partial charge in [0, 0.05) is 24.5 Å². The minimum atomic E-state index is -0.705. The number of carbonyl (C=O) groups excluding carboxylic acids is 1. The molecule has 0 atom stereocenters. The second-order valence-electron chi connectivity index (χ2n) is 8.98. The smallest absolute Gasteiger partial charge is 0.323 e. The molecule has 0 saturated heterocycles. The second kappa shape index (κ2) is 11.2. The number of nitrogens with zero attached hydrogens (tertiary/aromatic N) is 3. The van der Waals surface area contributed by atoms with Crippen molar-refractivity contribution in [3.05, 3.63) is 96.1 Å². The zero-order chi connectivity index (χ0) is 27.4. The summed E-state index contributed by atoms with van der Waals surface area (Å²) < 4.78 is 20.0. The number of aromatic amines is 1. The fourth-order valence-electron chi connectivity index (χ4n) is 4.55. The van der Waals surface area contributed by atoms with Crippen molar-refractivity contribution in [1.29, 1.82) is 0 Å². The standard InChI is InChI=1S/C29H28FN7O2/c30-24-11-9-22(15-20(24)16-31)37(29(33)38)21-7-5-19(6-8-21)23-10-12-25(27-26(23)28(32)36-35-27)39-14-2-4-18-3-1-13-34-17-18/h1,3,5-13,15,17H,2,4,14,16,31H2,(H2,33,38)(H3,32,35,36). The number of ether oxygens (including phenoxy) is 1. The van der Waals surface area contributed by atoms with Crippen LogP contribution >= 0.6 is 0 Å². The van der Waals surface area contributed by atoms with Crippen molar-refractivity contribution in [3.8, 4) is 16.9 Å². The van der Waals surface area contributed by atoms with Crippen LogP contribution in [-0.4, -0.2) is 27.8 Å². The van der Waals surface area contributed by atoms with Crippen molar-refractivity contribution < 1.29 is 13.9 Å². The van der Waals surface area contributed by atoms with Crippen molar-refractivity contribution in [1.82, 2.24) is 15.2 Å². The molecule has 3 aromatic carbocycles. The maximum atomic E-state index is 14.0. The summed E-state index contributed by atoms with van der Waals surface area (Å²) in [4.78, 5) is 17.8. The molecule has 0 radical (unpaired) electrons. The molecule has 7 N–H and O–H groups in total. The van der Waals surface area contributed by atoms with Gasteiger partial charge in [-0.15, -0.1) is 0 Å². The number of benzene rings is 3. The van der Waals surface area contributed by atoms with E-state index in [1.54, 1.807) is 18.3 Å². The maximum absolute atomic E-state index is 14.0. The lowest BCUT2D eigenvalue weighted by molar-refractivity contribution is 0.256. The maximum Gasteiger partial charge on any atom is 0.323 e. The van der Waals surface area contributed by atoms with Crippen molar-refractivity contribution >= 4 is 34.1 Å². The van der Waals surface area contributed by atoms with Gasteiger partial charge in [-0.3, -0.25) is 15.0 Å². The number of hydrogen-bond donors (Lipinski definition) is 4. The monoisotopic (exact) mass is 525 g/mol. The first-order chi connectivity index (χ1) is 19.0. The summed E-state index contributed by atoms with van der Waals surface area (Å²) in [6, 6.07) is 18.6. The third-order valence-electron chi connectivity index (χ3n) is 6.47. The number of fused-ring (bicyclic) bond motifs is 1. The third kappa shape index (κ3) is 5.36. The van der Waals surface area contributed by atoms with Gasteiger partial charge in [0.05, 0.1) is 23.4 Å². The number of carbonyl (C=O) groups is 1. The molecule has 0 saturated carbocycles. The Labute approximate surface area is 224 Å². The number of primary amides is 1. The fourth-order valence-corrected chi connectivity index (χ4v) is 4.55. The van der Waals surface area contributed by atoms with Gasteiger partial charge < -0.3 is 21.9 Å². The average molecular weight is 526 g/mol. The quantitative estimate of drug-likeness (QED) is 0.198. The normalized spacial score (nSPS) is 11.0. The largest absolute Gasteiger partial charge is 0.491 e. The minimum Gasteiger partial charge on any atom is -0.491 e. The zero-order valence-corrected chi connectivity index (χ0v) is 21.1. The molecule has 5 aromatic rings. The number of pyridine rings is 1.